The lowest BCUT2D eigenvalue weighted by Crippen LogP contribution is -2.05. The fourth-order valence-corrected chi connectivity index (χ4v) is 2.43. The number of rotatable bonds is 3. The normalized spacial score (nSPS) is 10.9. The van der Waals surface area contributed by atoms with E-state index in [1.807, 2.05) is 19.1 Å². The van der Waals surface area contributed by atoms with Crippen LogP contribution in [-0.4, -0.2) is 19.8 Å². The average molecular weight is 332 g/mol. The van der Waals surface area contributed by atoms with Crippen LogP contribution in [0, 0.1) is 13.8 Å². The summed E-state index contributed by atoms with van der Waals surface area (Å²) in [7, 11) is 0. The molecule has 1 aromatic carbocycles. The molecule has 3 rings (SSSR count). The number of aryl methyl sites for hydroxylation is 2. The first-order chi connectivity index (χ1) is 9.65. The van der Waals surface area contributed by atoms with Crippen LogP contribution in [-0.2, 0) is 6.54 Å². The molecular formula is C14H14BrN5. The van der Waals surface area contributed by atoms with Crippen molar-refractivity contribution in [3.63, 3.8) is 0 Å². The number of hydrogen-bond acceptors (Lipinski definition) is 4. The zero-order chi connectivity index (χ0) is 14.1. The molecule has 0 spiro atoms. The van der Waals surface area contributed by atoms with Gasteiger partial charge in [0.1, 0.15) is 5.82 Å². The van der Waals surface area contributed by atoms with Crippen molar-refractivity contribution in [2.24, 2.45) is 0 Å². The molecule has 0 aliphatic heterocycles. The standard InChI is InChI=1S/C14H14BrN5/c1-9-4-3-5-11(14(9)15)8-16-12-6-7-13-18-17-10(2)20(13)19-12/h3-7H,8H2,1-2H3,(H,16,19). The van der Waals surface area contributed by atoms with Crippen molar-refractivity contribution < 1.29 is 0 Å². The molecule has 102 valence electrons. The predicted molar refractivity (Wildman–Crippen MR) is 81.7 cm³/mol. The smallest absolute Gasteiger partial charge is 0.178 e. The molecule has 2 aromatic heterocycles. The molecule has 3 aromatic rings. The number of halogens is 1. The van der Waals surface area contributed by atoms with Crippen LogP contribution >= 0.6 is 15.9 Å². The number of anilines is 1. The lowest BCUT2D eigenvalue weighted by Gasteiger charge is -2.09. The van der Waals surface area contributed by atoms with Crippen LogP contribution in [0.5, 0.6) is 0 Å². The summed E-state index contributed by atoms with van der Waals surface area (Å²) < 4.78 is 2.86. The first-order valence-electron chi connectivity index (χ1n) is 6.32. The van der Waals surface area contributed by atoms with Gasteiger partial charge in [-0.05, 0) is 37.1 Å². The van der Waals surface area contributed by atoms with Crippen molar-refractivity contribution in [1.29, 1.82) is 0 Å². The highest BCUT2D eigenvalue weighted by Gasteiger charge is 2.05. The number of benzene rings is 1. The Bertz CT molecular complexity index is 765. The Morgan fingerprint density at radius 3 is 2.85 bits per heavy atom. The van der Waals surface area contributed by atoms with E-state index in [9.17, 15) is 0 Å². The molecule has 0 saturated heterocycles. The second-order valence-electron chi connectivity index (χ2n) is 4.64. The first-order valence-corrected chi connectivity index (χ1v) is 7.11. The fourth-order valence-electron chi connectivity index (χ4n) is 2.02. The van der Waals surface area contributed by atoms with Gasteiger partial charge in [0.25, 0.3) is 0 Å². The largest absolute Gasteiger partial charge is 0.365 e. The van der Waals surface area contributed by atoms with E-state index in [0.717, 1.165) is 21.8 Å². The van der Waals surface area contributed by atoms with E-state index >= 15 is 0 Å². The summed E-state index contributed by atoms with van der Waals surface area (Å²) >= 11 is 3.61. The summed E-state index contributed by atoms with van der Waals surface area (Å²) in [5.74, 6) is 1.58. The molecule has 20 heavy (non-hydrogen) atoms. The van der Waals surface area contributed by atoms with Crippen LogP contribution in [0.4, 0.5) is 5.82 Å². The quantitative estimate of drug-likeness (QED) is 0.801. The highest BCUT2D eigenvalue weighted by Crippen LogP contribution is 2.21. The van der Waals surface area contributed by atoms with Gasteiger partial charge >= 0.3 is 0 Å². The predicted octanol–water partition coefficient (Wildman–Crippen LogP) is 3.12. The van der Waals surface area contributed by atoms with Gasteiger partial charge in [-0.2, -0.15) is 4.52 Å². The molecule has 2 heterocycles. The lowest BCUT2D eigenvalue weighted by molar-refractivity contribution is 0.871. The van der Waals surface area contributed by atoms with Crippen LogP contribution in [0.1, 0.15) is 17.0 Å². The number of fused-ring (bicyclic) bond motifs is 1. The number of nitrogens with one attached hydrogen (secondary N) is 1. The fraction of sp³-hybridized carbons (Fsp3) is 0.214. The van der Waals surface area contributed by atoms with Crippen LogP contribution < -0.4 is 5.32 Å². The lowest BCUT2D eigenvalue weighted by atomic mass is 10.1. The van der Waals surface area contributed by atoms with Crippen LogP contribution in [0.15, 0.2) is 34.8 Å². The van der Waals surface area contributed by atoms with Crippen molar-refractivity contribution >= 4 is 27.4 Å². The zero-order valence-corrected chi connectivity index (χ0v) is 12.8. The summed E-state index contributed by atoms with van der Waals surface area (Å²) in [4.78, 5) is 0. The minimum atomic E-state index is 0.710. The first kappa shape index (κ1) is 13.1. The zero-order valence-electron chi connectivity index (χ0n) is 11.3. The molecule has 0 aliphatic carbocycles. The van der Waals surface area contributed by atoms with E-state index in [-0.39, 0.29) is 0 Å². The third-order valence-electron chi connectivity index (χ3n) is 3.15. The minimum absolute atomic E-state index is 0.710. The second-order valence-corrected chi connectivity index (χ2v) is 5.43. The molecule has 0 aliphatic rings. The average Bonchev–Trinajstić information content (AvgIpc) is 2.82. The van der Waals surface area contributed by atoms with E-state index in [1.54, 1.807) is 4.52 Å². The van der Waals surface area contributed by atoms with Gasteiger partial charge in [0.05, 0.1) is 0 Å². The Kier molecular flexibility index (Phi) is 3.40. The van der Waals surface area contributed by atoms with Gasteiger partial charge in [0.2, 0.25) is 0 Å². The Balaban J connectivity index is 1.83. The molecule has 5 nitrogen and oxygen atoms in total. The maximum absolute atomic E-state index is 4.47. The van der Waals surface area contributed by atoms with Gasteiger partial charge in [-0.3, -0.25) is 0 Å². The molecule has 0 fully saturated rings. The highest BCUT2D eigenvalue weighted by atomic mass is 79.9. The van der Waals surface area contributed by atoms with Crippen molar-refractivity contribution in [1.82, 2.24) is 19.8 Å². The molecule has 0 atom stereocenters. The van der Waals surface area contributed by atoms with Crippen molar-refractivity contribution in [2.75, 3.05) is 5.32 Å². The van der Waals surface area contributed by atoms with Crippen molar-refractivity contribution in [2.45, 2.75) is 20.4 Å². The molecule has 6 heteroatoms. The Morgan fingerprint density at radius 1 is 1.15 bits per heavy atom. The van der Waals surface area contributed by atoms with E-state index in [2.05, 4.69) is 61.7 Å². The van der Waals surface area contributed by atoms with Gasteiger partial charge < -0.3 is 5.32 Å². The van der Waals surface area contributed by atoms with Crippen molar-refractivity contribution in [3.8, 4) is 0 Å². The second kappa shape index (κ2) is 5.20. The summed E-state index contributed by atoms with van der Waals surface area (Å²) in [6, 6.07) is 10.0. The summed E-state index contributed by atoms with van der Waals surface area (Å²) in [6.45, 7) is 4.67. The van der Waals surface area contributed by atoms with Gasteiger partial charge in [0.15, 0.2) is 11.5 Å². The minimum Gasteiger partial charge on any atom is -0.365 e. The number of hydrogen-bond donors (Lipinski definition) is 1. The third-order valence-corrected chi connectivity index (χ3v) is 4.29. The van der Waals surface area contributed by atoms with E-state index in [0.29, 0.717) is 6.54 Å². The SMILES string of the molecule is Cc1cccc(CNc2ccc3nnc(C)n3n2)c1Br. The molecule has 0 saturated carbocycles. The van der Waals surface area contributed by atoms with Crippen LogP contribution in [0.3, 0.4) is 0 Å². The van der Waals surface area contributed by atoms with Gasteiger partial charge in [-0.15, -0.1) is 15.3 Å². The maximum atomic E-state index is 4.47. The highest BCUT2D eigenvalue weighted by molar-refractivity contribution is 9.10. The van der Waals surface area contributed by atoms with Gasteiger partial charge in [-0.1, -0.05) is 34.1 Å². The molecule has 0 unspecified atom stereocenters. The maximum Gasteiger partial charge on any atom is 0.178 e. The number of nitrogens with zero attached hydrogens (tertiary/aromatic N) is 4. The summed E-state index contributed by atoms with van der Waals surface area (Å²) in [5, 5.41) is 15.8. The Labute approximate surface area is 125 Å². The van der Waals surface area contributed by atoms with Crippen LogP contribution in [0.25, 0.3) is 5.65 Å². The molecule has 0 amide bonds. The van der Waals surface area contributed by atoms with Crippen LogP contribution in [0.2, 0.25) is 0 Å². The monoisotopic (exact) mass is 331 g/mol. The molecule has 0 bridgehead atoms. The molecule has 0 radical (unpaired) electrons. The van der Waals surface area contributed by atoms with E-state index < -0.39 is 0 Å². The summed E-state index contributed by atoms with van der Waals surface area (Å²) in [5.41, 5.74) is 3.18. The van der Waals surface area contributed by atoms with Gasteiger partial charge in [-0.25, -0.2) is 0 Å². The van der Waals surface area contributed by atoms with E-state index in [4.69, 9.17) is 0 Å². The van der Waals surface area contributed by atoms with E-state index in [1.165, 1.54) is 11.1 Å². The molecule has 1 N–H and O–H groups in total. The van der Waals surface area contributed by atoms with Gasteiger partial charge in [0, 0.05) is 11.0 Å². The Hall–Kier alpha value is -1.95. The Morgan fingerprint density at radius 2 is 2.00 bits per heavy atom. The topological polar surface area (TPSA) is 55.1 Å². The van der Waals surface area contributed by atoms with Crippen molar-refractivity contribution in [3.05, 3.63) is 51.8 Å². The third kappa shape index (κ3) is 2.38. The molecular weight excluding hydrogens is 318 g/mol. The number of aromatic nitrogens is 4. The summed E-state index contributed by atoms with van der Waals surface area (Å²) in [6.07, 6.45) is 0.